The number of primary amides is 1. The number of rotatable bonds is 7. The highest BCUT2D eigenvalue weighted by atomic mass is 79.9. The molecule has 0 bridgehead atoms. The molecule has 0 fully saturated rings. The van der Waals surface area contributed by atoms with Gasteiger partial charge in [0.05, 0.1) is 13.7 Å². The molecule has 1 heterocycles. The number of aromatic nitrogens is 3. The van der Waals surface area contributed by atoms with Gasteiger partial charge in [-0.05, 0) is 35.0 Å². The maximum atomic E-state index is 11.4. The number of nitrogens with zero attached hydrogens (tertiary/aromatic N) is 2. The average Bonchev–Trinajstić information content (AvgIpc) is 3.03. The summed E-state index contributed by atoms with van der Waals surface area (Å²) in [4.78, 5) is 22.8. The minimum atomic E-state index is -0.716. The molecular formula is C14H15BrN4O5. The highest BCUT2D eigenvalue weighted by Crippen LogP contribution is 2.38. The standard InChI is InChI=1S/C14H15BrN4O5/c1-3-23-11(20)6-24-10-5-8(15)7(4-9(10)22-2)12-13(14(16)21)18-19-17-12/h4-5H,3,6H2,1-2H3,(H2,16,21)(H,17,18,19). The fraction of sp³-hybridized carbons (Fsp3) is 0.286. The Hall–Kier alpha value is -2.62. The van der Waals surface area contributed by atoms with Crippen LogP contribution in [0.4, 0.5) is 0 Å². The monoisotopic (exact) mass is 398 g/mol. The summed E-state index contributed by atoms with van der Waals surface area (Å²) >= 11 is 3.37. The molecule has 0 aliphatic rings. The first-order chi connectivity index (χ1) is 11.5. The van der Waals surface area contributed by atoms with Crippen LogP contribution < -0.4 is 15.2 Å². The van der Waals surface area contributed by atoms with Gasteiger partial charge in [0.25, 0.3) is 5.91 Å². The number of benzene rings is 1. The number of nitrogens with two attached hydrogens (primary N) is 1. The predicted octanol–water partition coefficient (Wildman–Crippen LogP) is 1.28. The summed E-state index contributed by atoms with van der Waals surface area (Å²) in [5, 5.41) is 10.0. The third-order valence-corrected chi connectivity index (χ3v) is 3.60. The zero-order valence-corrected chi connectivity index (χ0v) is 14.5. The van der Waals surface area contributed by atoms with Crippen molar-refractivity contribution in [3.63, 3.8) is 0 Å². The van der Waals surface area contributed by atoms with Crippen molar-refractivity contribution in [2.24, 2.45) is 5.73 Å². The molecule has 3 N–H and O–H groups in total. The smallest absolute Gasteiger partial charge is 0.344 e. The van der Waals surface area contributed by atoms with E-state index in [1.54, 1.807) is 19.1 Å². The van der Waals surface area contributed by atoms with Crippen LogP contribution in [0.1, 0.15) is 17.4 Å². The van der Waals surface area contributed by atoms with Crippen molar-refractivity contribution in [3.8, 4) is 22.8 Å². The van der Waals surface area contributed by atoms with Gasteiger partial charge in [0.15, 0.2) is 23.8 Å². The second kappa shape index (κ2) is 7.77. The summed E-state index contributed by atoms with van der Waals surface area (Å²) in [6, 6.07) is 3.18. The van der Waals surface area contributed by atoms with Crippen LogP contribution in [0, 0.1) is 0 Å². The maximum absolute atomic E-state index is 11.4. The minimum absolute atomic E-state index is 0.00190. The van der Waals surface area contributed by atoms with E-state index in [2.05, 4.69) is 31.3 Å². The lowest BCUT2D eigenvalue weighted by Crippen LogP contribution is -2.15. The molecule has 0 aliphatic carbocycles. The second-order valence-corrected chi connectivity index (χ2v) is 5.32. The maximum Gasteiger partial charge on any atom is 0.344 e. The lowest BCUT2D eigenvalue weighted by Gasteiger charge is -2.13. The van der Waals surface area contributed by atoms with E-state index in [1.165, 1.54) is 7.11 Å². The number of ether oxygens (including phenoxy) is 3. The van der Waals surface area contributed by atoms with E-state index < -0.39 is 11.9 Å². The summed E-state index contributed by atoms with van der Waals surface area (Å²) in [5.74, 6) is -0.541. The zero-order chi connectivity index (χ0) is 17.7. The van der Waals surface area contributed by atoms with Crippen molar-refractivity contribution in [2.75, 3.05) is 20.3 Å². The highest BCUT2D eigenvalue weighted by Gasteiger charge is 2.20. The van der Waals surface area contributed by atoms with Crippen molar-refractivity contribution < 1.29 is 23.8 Å². The van der Waals surface area contributed by atoms with Gasteiger partial charge < -0.3 is 19.9 Å². The number of amides is 1. The second-order valence-electron chi connectivity index (χ2n) is 4.46. The fourth-order valence-corrected chi connectivity index (χ4v) is 2.43. The fourth-order valence-electron chi connectivity index (χ4n) is 1.92. The number of hydrogen-bond donors (Lipinski definition) is 2. The Bertz CT molecular complexity index is 762. The van der Waals surface area contributed by atoms with E-state index in [0.29, 0.717) is 21.5 Å². The van der Waals surface area contributed by atoms with E-state index in [-0.39, 0.29) is 24.6 Å². The van der Waals surface area contributed by atoms with E-state index >= 15 is 0 Å². The van der Waals surface area contributed by atoms with Crippen molar-refractivity contribution in [1.29, 1.82) is 0 Å². The Morgan fingerprint density at radius 1 is 1.29 bits per heavy atom. The number of methoxy groups -OCH3 is 1. The van der Waals surface area contributed by atoms with Crippen LogP contribution in [0.3, 0.4) is 0 Å². The van der Waals surface area contributed by atoms with Crippen molar-refractivity contribution >= 4 is 27.8 Å². The van der Waals surface area contributed by atoms with Crippen LogP contribution in [-0.2, 0) is 9.53 Å². The van der Waals surface area contributed by atoms with Gasteiger partial charge in [0.1, 0.15) is 5.69 Å². The van der Waals surface area contributed by atoms with Gasteiger partial charge >= 0.3 is 5.97 Å². The number of carbonyl (C=O) groups excluding carboxylic acids is 2. The SMILES string of the molecule is CCOC(=O)COc1cc(Br)c(-c2n[nH]nc2C(N)=O)cc1OC. The number of esters is 1. The summed E-state index contributed by atoms with van der Waals surface area (Å²) in [5.41, 5.74) is 6.06. The van der Waals surface area contributed by atoms with Gasteiger partial charge in [-0.25, -0.2) is 4.79 Å². The van der Waals surface area contributed by atoms with Crippen LogP contribution in [-0.4, -0.2) is 47.6 Å². The number of halogens is 1. The van der Waals surface area contributed by atoms with Gasteiger partial charge in [-0.15, -0.1) is 0 Å². The summed E-state index contributed by atoms with van der Waals surface area (Å²) in [6.45, 7) is 1.72. The highest BCUT2D eigenvalue weighted by molar-refractivity contribution is 9.10. The summed E-state index contributed by atoms with van der Waals surface area (Å²) < 4.78 is 16.0. The molecule has 24 heavy (non-hydrogen) atoms. The van der Waals surface area contributed by atoms with Crippen LogP contribution in [0.5, 0.6) is 11.5 Å². The van der Waals surface area contributed by atoms with Crippen LogP contribution in [0.2, 0.25) is 0 Å². The van der Waals surface area contributed by atoms with Crippen molar-refractivity contribution in [3.05, 3.63) is 22.3 Å². The zero-order valence-electron chi connectivity index (χ0n) is 13.0. The Morgan fingerprint density at radius 2 is 2.04 bits per heavy atom. The number of hydrogen-bond acceptors (Lipinski definition) is 7. The minimum Gasteiger partial charge on any atom is -0.493 e. The molecule has 0 saturated heterocycles. The van der Waals surface area contributed by atoms with E-state index in [1.807, 2.05) is 0 Å². The quantitative estimate of drug-likeness (QED) is 0.671. The summed E-state index contributed by atoms with van der Waals surface area (Å²) in [7, 11) is 1.45. The van der Waals surface area contributed by atoms with Crippen LogP contribution >= 0.6 is 15.9 Å². The first-order valence-corrected chi connectivity index (χ1v) is 7.64. The van der Waals surface area contributed by atoms with Crippen LogP contribution in [0.15, 0.2) is 16.6 Å². The molecule has 9 nitrogen and oxygen atoms in total. The Balaban J connectivity index is 2.35. The molecule has 1 aromatic carbocycles. The number of aromatic amines is 1. The van der Waals surface area contributed by atoms with Crippen LogP contribution in [0.25, 0.3) is 11.3 Å². The molecule has 0 unspecified atom stereocenters. The van der Waals surface area contributed by atoms with E-state index in [4.69, 9.17) is 19.9 Å². The summed E-state index contributed by atoms with van der Waals surface area (Å²) in [6.07, 6.45) is 0. The largest absolute Gasteiger partial charge is 0.493 e. The predicted molar refractivity (Wildman–Crippen MR) is 86.7 cm³/mol. The molecule has 2 rings (SSSR count). The van der Waals surface area contributed by atoms with Gasteiger partial charge in [-0.2, -0.15) is 15.4 Å². The van der Waals surface area contributed by atoms with E-state index in [0.717, 1.165) is 0 Å². The van der Waals surface area contributed by atoms with Gasteiger partial charge in [-0.3, -0.25) is 4.79 Å². The lowest BCUT2D eigenvalue weighted by atomic mass is 10.1. The third-order valence-electron chi connectivity index (χ3n) is 2.94. The topological polar surface area (TPSA) is 129 Å². The molecule has 0 radical (unpaired) electrons. The molecular weight excluding hydrogens is 384 g/mol. The molecule has 128 valence electrons. The number of nitrogens with one attached hydrogen (secondary N) is 1. The molecule has 0 saturated carbocycles. The Morgan fingerprint density at radius 3 is 2.67 bits per heavy atom. The molecule has 0 spiro atoms. The van der Waals surface area contributed by atoms with Crippen molar-refractivity contribution in [1.82, 2.24) is 15.4 Å². The third kappa shape index (κ3) is 3.82. The molecule has 2 aromatic rings. The van der Waals surface area contributed by atoms with Gasteiger partial charge in [0, 0.05) is 10.0 Å². The molecule has 10 heteroatoms. The lowest BCUT2D eigenvalue weighted by molar-refractivity contribution is -0.145. The first kappa shape index (κ1) is 17.7. The van der Waals surface area contributed by atoms with Gasteiger partial charge in [0.2, 0.25) is 0 Å². The number of H-pyrrole nitrogens is 1. The normalized spacial score (nSPS) is 10.3. The van der Waals surface area contributed by atoms with Crippen molar-refractivity contribution in [2.45, 2.75) is 6.92 Å². The number of carbonyl (C=O) groups is 2. The Labute approximate surface area is 145 Å². The average molecular weight is 399 g/mol. The molecule has 0 atom stereocenters. The first-order valence-electron chi connectivity index (χ1n) is 6.84. The van der Waals surface area contributed by atoms with Gasteiger partial charge in [-0.1, -0.05) is 0 Å². The molecule has 1 aromatic heterocycles. The Kier molecular flexibility index (Phi) is 5.74. The van der Waals surface area contributed by atoms with E-state index in [9.17, 15) is 9.59 Å². The molecule has 0 aliphatic heterocycles. The molecule has 1 amide bonds.